The molecule has 0 radical (unpaired) electrons. The van der Waals surface area contributed by atoms with Gasteiger partial charge in [-0.2, -0.15) is 11.8 Å². The molecule has 4 nitrogen and oxygen atoms in total. The molecular formula is C13H24O4S. The molecule has 2 unspecified atom stereocenters. The highest BCUT2D eigenvalue weighted by Gasteiger charge is 2.10. The highest BCUT2D eigenvalue weighted by molar-refractivity contribution is 7.99. The standard InChI is InChI=1S/C13H24O4S/c1-2-9-18-11-12(14)10-15-7-8-17-13-5-3-4-6-16-13/h4,6,12-14H,2-3,5,7-11H2,1H3. The Morgan fingerprint density at radius 3 is 3.11 bits per heavy atom. The van der Waals surface area contributed by atoms with Crippen LogP contribution in [0.2, 0.25) is 0 Å². The van der Waals surface area contributed by atoms with Crippen molar-refractivity contribution >= 4 is 11.8 Å². The summed E-state index contributed by atoms with van der Waals surface area (Å²) in [5.41, 5.74) is 0. The molecule has 1 heterocycles. The molecule has 0 saturated heterocycles. The van der Waals surface area contributed by atoms with Crippen LogP contribution in [0.3, 0.4) is 0 Å². The summed E-state index contributed by atoms with van der Waals surface area (Å²) in [6.45, 7) is 3.52. The summed E-state index contributed by atoms with van der Waals surface area (Å²) in [6, 6.07) is 0. The van der Waals surface area contributed by atoms with Crippen LogP contribution >= 0.6 is 11.8 Å². The first-order chi connectivity index (χ1) is 8.83. The zero-order valence-electron chi connectivity index (χ0n) is 11.0. The highest BCUT2D eigenvalue weighted by atomic mass is 32.2. The molecule has 0 aromatic rings. The number of ether oxygens (including phenoxy) is 3. The predicted octanol–water partition coefficient (Wildman–Crippen LogP) is 2.17. The van der Waals surface area contributed by atoms with E-state index in [9.17, 15) is 5.11 Å². The summed E-state index contributed by atoms with van der Waals surface area (Å²) in [7, 11) is 0. The molecule has 106 valence electrons. The third-order valence-corrected chi connectivity index (χ3v) is 3.71. The Hall–Kier alpha value is -0.230. The molecule has 0 aromatic heterocycles. The highest BCUT2D eigenvalue weighted by Crippen LogP contribution is 2.11. The van der Waals surface area contributed by atoms with Gasteiger partial charge in [0.15, 0.2) is 6.29 Å². The lowest BCUT2D eigenvalue weighted by Gasteiger charge is -2.19. The van der Waals surface area contributed by atoms with E-state index in [0.29, 0.717) is 19.8 Å². The van der Waals surface area contributed by atoms with E-state index < -0.39 is 0 Å². The number of allylic oxidation sites excluding steroid dienone is 1. The van der Waals surface area contributed by atoms with Crippen molar-refractivity contribution in [2.24, 2.45) is 0 Å². The second-order valence-corrected chi connectivity index (χ2v) is 5.34. The van der Waals surface area contributed by atoms with Gasteiger partial charge in [-0.1, -0.05) is 6.92 Å². The lowest BCUT2D eigenvalue weighted by molar-refractivity contribution is -0.127. The molecule has 18 heavy (non-hydrogen) atoms. The summed E-state index contributed by atoms with van der Waals surface area (Å²) >= 11 is 1.76. The van der Waals surface area contributed by atoms with Crippen LogP contribution in [-0.2, 0) is 14.2 Å². The summed E-state index contributed by atoms with van der Waals surface area (Å²) in [4.78, 5) is 0. The third kappa shape index (κ3) is 7.97. The maximum atomic E-state index is 9.60. The van der Waals surface area contributed by atoms with Gasteiger partial charge in [0.25, 0.3) is 0 Å². The number of hydrogen-bond acceptors (Lipinski definition) is 5. The van der Waals surface area contributed by atoms with Gasteiger partial charge >= 0.3 is 0 Å². The summed E-state index contributed by atoms with van der Waals surface area (Å²) in [5, 5.41) is 9.60. The van der Waals surface area contributed by atoms with E-state index in [2.05, 4.69) is 6.92 Å². The SMILES string of the molecule is CCCSCC(O)COCCOC1CCC=CO1. The van der Waals surface area contributed by atoms with Gasteiger partial charge in [-0.3, -0.25) is 0 Å². The quantitative estimate of drug-likeness (QED) is 0.620. The largest absolute Gasteiger partial charge is 0.473 e. The maximum absolute atomic E-state index is 9.60. The van der Waals surface area contributed by atoms with Gasteiger partial charge in [-0.25, -0.2) is 0 Å². The van der Waals surface area contributed by atoms with Crippen molar-refractivity contribution in [3.63, 3.8) is 0 Å². The summed E-state index contributed by atoms with van der Waals surface area (Å²) < 4.78 is 16.1. The van der Waals surface area contributed by atoms with E-state index in [-0.39, 0.29) is 12.4 Å². The molecular weight excluding hydrogens is 252 g/mol. The summed E-state index contributed by atoms with van der Waals surface area (Å²) in [5.74, 6) is 1.83. The Bertz CT molecular complexity index is 223. The molecule has 0 aliphatic carbocycles. The molecule has 1 rings (SSSR count). The minimum atomic E-state index is -0.379. The molecule has 0 saturated carbocycles. The Kier molecular flexibility index (Phi) is 9.38. The van der Waals surface area contributed by atoms with Crippen molar-refractivity contribution in [1.82, 2.24) is 0 Å². The van der Waals surface area contributed by atoms with Crippen molar-refractivity contribution in [1.29, 1.82) is 0 Å². The van der Waals surface area contributed by atoms with E-state index in [4.69, 9.17) is 14.2 Å². The van der Waals surface area contributed by atoms with Crippen LogP contribution in [0.25, 0.3) is 0 Å². The van der Waals surface area contributed by atoms with Crippen molar-refractivity contribution in [2.75, 3.05) is 31.3 Å². The molecule has 5 heteroatoms. The number of aliphatic hydroxyl groups excluding tert-OH is 1. The van der Waals surface area contributed by atoms with Crippen LogP contribution in [0.5, 0.6) is 0 Å². The van der Waals surface area contributed by atoms with E-state index >= 15 is 0 Å². The van der Waals surface area contributed by atoms with Crippen molar-refractivity contribution in [3.05, 3.63) is 12.3 Å². The second kappa shape index (κ2) is 10.7. The van der Waals surface area contributed by atoms with Crippen molar-refractivity contribution in [3.8, 4) is 0 Å². The van der Waals surface area contributed by atoms with Crippen LogP contribution in [0.4, 0.5) is 0 Å². The average molecular weight is 276 g/mol. The minimum absolute atomic E-state index is 0.136. The van der Waals surface area contributed by atoms with E-state index in [1.165, 1.54) is 0 Å². The molecule has 0 amide bonds. The second-order valence-electron chi connectivity index (χ2n) is 4.19. The molecule has 2 atom stereocenters. The van der Waals surface area contributed by atoms with E-state index in [0.717, 1.165) is 30.8 Å². The Morgan fingerprint density at radius 1 is 1.50 bits per heavy atom. The van der Waals surface area contributed by atoms with Crippen LogP contribution < -0.4 is 0 Å². The van der Waals surface area contributed by atoms with Gasteiger partial charge in [0.05, 0.1) is 32.2 Å². The molecule has 1 aliphatic rings. The smallest absolute Gasteiger partial charge is 0.199 e. The average Bonchev–Trinajstić information content (AvgIpc) is 2.40. The Balaban J connectivity index is 1.87. The monoisotopic (exact) mass is 276 g/mol. The lowest BCUT2D eigenvalue weighted by atomic mass is 10.3. The maximum Gasteiger partial charge on any atom is 0.199 e. The van der Waals surface area contributed by atoms with Gasteiger partial charge in [0.2, 0.25) is 0 Å². The fourth-order valence-corrected chi connectivity index (χ4v) is 2.33. The topological polar surface area (TPSA) is 47.9 Å². The molecule has 0 bridgehead atoms. The fourth-order valence-electron chi connectivity index (χ4n) is 1.50. The first-order valence-corrected chi connectivity index (χ1v) is 7.74. The van der Waals surface area contributed by atoms with E-state index in [1.54, 1.807) is 18.0 Å². The van der Waals surface area contributed by atoms with Crippen molar-refractivity contribution in [2.45, 2.75) is 38.6 Å². The summed E-state index contributed by atoms with van der Waals surface area (Å²) in [6.07, 6.45) is 6.19. The van der Waals surface area contributed by atoms with Gasteiger partial charge in [-0.15, -0.1) is 0 Å². The van der Waals surface area contributed by atoms with Crippen LogP contribution in [0, 0.1) is 0 Å². The van der Waals surface area contributed by atoms with Gasteiger partial charge < -0.3 is 19.3 Å². The Morgan fingerprint density at radius 2 is 2.39 bits per heavy atom. The van der Waals surface area contributed by atoms with Gasteiger partial charge in [0, 0.05) is 12.2 Å². The lowest BCUT2D eigenvalue weighted by Crippen LogP contribution is -2.22. The van der Waals surface area contributed by atoms with Gasteiger partial charge in [0.1, 0.15) is 0 Å². The molecule has 0 fully saturated rings. The molecule has 1 aliphatic heterocycles. The first kappa shape index (κ1) is 15.8. The third-order valence-electron chi connectivity index (χ3n) is 2.40. The zero-order chi connectivity index (χ0) is 13.1. The minimum Gasteiger partial charge on any atom is -0.473 e. The zero-order valence-corrected chi connectivity index (χ0v) is 11.9. The van der Waals surface area contributed by atoms with Gasteiger partial charge in [-0.05, 0) is 24.7 Å². The van der Waals surface area contributed by atoms with Crippen LogP contribution in [0.1, 0.15) is 26.2 Å². The number of thioether (sulfide) groups is 1. The predicted molar refractivity (Wildman–Crippen MR) is 73.6 cm³/mol. The first-order valence-electron chi connectivity index (χ1n) is 6.58. The van der Waals surface area contributed by atoms with Crippen molar-refractivity contribution < 1.29 is 19.3 Å². The normalized spacial score (nSPS) is 20.7. The molecule has 0 aromatic carbocycles. The number of rotatable bonds is 10. The molecule has 1 N–H and O–H groups in total. The number of aliphatic hydroxyl groups is 1. The number of hydrogen-bond donors (Lipinski definition) is 1. The van der Waals surface area contributed by atoms with E-state index in [1.807, 2.05) is 6.08 Å². The molecule has 0 spiro atoms. The van der Waals surface area contributed by atoms with Crippen LogP contribution in [-0.4, -0.2) is 48.8 Å². The van der Waals surface area contributed by atoms with Crippen LogP contribution in [0.15, 0.2) is 12.3 Å². The fraction of sp³-hybridized carbons (Fsp3) is 0.846. The Labute approximate surface area is 114 Å².